The summed E-state index contributed by atoms with van der Waals surface area (Å²) in [5.41, 5.74) is 0.525. The van der Waals surface area contributed by atoms with Crippen molar-refractivity contribution in [3.8, 4) is 11.5 Å². The molecule has 0 radical (unpaired) electrons. The van der Waals surface area contributed by atoms with Crippen molar-refractivity contribution in [1.29, 1.82) is 0 Å². The topological polar surface area (TPSA) is 84.9 Å². The van der Waals surface area contributed by atoms with Gasteiger partial charge in [0.05, 0.1) is 0 Å². The van der Waals surface area contributed by atoms with Crippen LogP contribution >= 0.6 is 0 Å². The van der Waals surface area contributed by atoms with Crippen LogP contribution in [0.1, 0.15) is 36.5 Å². The van der Waals surface area contributed by atoms with Gasteiger partial charge in [-0.1, -0.05) is 6.92 Å². The summed E-state index contributed by atoms with van der Waals surface area (Å²) in [4.78, 5) is 22.5. The Morgan fingerprint density at radius 3 is 2.81 bits per heavy atom. The predicted octanol–water partition coefficient (Wildman–Crippen LogP) is 2.04. The molecule has 1 aromatic carbocycles. The number of rotatable bonds is 7. The van der Waals surface area contributed by atoms with Crippen LogP contribution in [0.3, 0.4) is 0 Å². The van der Waals surface area contributed by atoms with Crippen molar-refractivity contribution in [2.45, 2.75) is 26.2 Å². The van der Waals surface area contributed by atoms with Gasteiger partial charge in [0.25, 0.3) is 5.91 Å². The van der Waals surface area contributed by atoms with Crippen molar-refractivity contribution < 1.29 is 24.2 Å². The lowest BCUT2D eigenvalue weighted by molar-refractivity contribution is -0.137. The second kappa shape index (κ2) is 6.97. The highest BCUT2D eigenvalue weighted by Crippen LogP contribution is 2.32. The molecule has 0 saturated carbocycles. The maximum absolute atomic E-state index is 12.0. The van der Waals surface area contributed by atoms with Crippen molar-refractivity contribution in [2.75, 3.05) is 13.3 Å². The lowest BCUT2D eigenvalue weighted by Gasteiger charge is -2.11. The number of amides is 1. The molecule has 2 rings (SSSR count). The van der Waals surface area contributed by atoms with Crippen LogP contribution < -0.4 is 14.8 Å². The molecule has 1 aliphatic rings. The van der Waals surface area contributed by atoms with E-state index in [1.165, 1.54) is 0 Å². The van der Waals surface area contributed by atoms with Gasteiger partial charge in [-0.25, -0.2) is 0 Å². The fourth-order valence-corrected chi connectivity index (χ4v) is 2.09. The quantitative estimate of drug-likeness (QED) is 0.803. The van der Waals surface area contributed by atoms with E-state index < -0.39 is 5.97 Å². The number of benzene rings is 1. The Bertz CT molecular complexity index is 529. The number of carboxylic acid groups (broad SMARTS) is 1. The maximum Gasteiger partial charge on any atom is 0.303 e. The first-order valence-electron chi connectivity index (χ1n) is 6.96. The molecule has 6 heteroatoms. The van der Waals surface area contributed by atoms with Gasteiger partial charge >= 0.3 is 5.97 Å². The number of carboxylic acids is 1. The number of nitrogens with one attached hydrogen (secondary N) is 1. The van der Waals surface area contributed by atoms with E-state index in [1.807, 2.05) is 6.92 Å². The van der Waals surface area contributed by atoms with Crippen LogP contribution in [0, 0.1) is 5.92 Å². The van der Waals surface area contributed by atoms with Crippen LogP contribution in [0.15, 0.2) is 18.2 Å². The first-order valence-corrected chi connectivity index (χ1v) is 6.96. The van der Waals surface area contributed by atoms with Gasteiger partial charge in [0, 0.05) is 18.5 Å². The van der Waals surface area contributed by atoms with Gasteiger partial charge < -0.3 is 19.9 Å². The highest BCUT2D eigenvalue weighted by Gasteiger charge is 2.16. The molecule has 0 spiro atoms. The molecule has 0 bridgehead atoms. The Kier molecular flexibility index (Phi) is 5.03. The molecule has 114 valence electrons. The highest BCUT2D eigenvalue weighted by molar-refractivity contribution is 5.94. The summed E-state index contributed by atoms with van der Waals surface area (Å²) in [6.07, 6.45) is 1.54. The van der Waals surface area contributed by atoms with E-state index in [0.717, 1.165) is 6.42 Å². The van der Waals surface area contributed by atoms with Crippen LogP contribution in [0.5, 0.6) is 11.5 Å². The maximum atomic E-state index is 12.0. The Morgan fingerprint density at radius 2 is 2.05 bits per heavy atom. The molecule has 1 heterocycles. The third-order valence-electron chi connectivity index (χ3n) is 3.41. The number of aliphatic carboxylic acids is 1. The Balaban J connectivity index is 1.76. The number of ether oxygens (including phenoxy) is 2. The second-order valence-electron chi connectivity index (χ2n) is 5.15. The molecule has 1 amide bonds. The zero-order chi connectivity index (χ0) is 15.2. The smallest absolute Gasteiger partial charge is 0.303 e. The van der Waals surface area contributed by atoms with Gasteiger partial charge in [0.15, 0.2) is 11.5 Å². The van der Waals surface area contributed by atoms with Crippen molar-refractivity contribution in [3.05, 3.63) is 23.8 Å². The molecule has 0 aliphatic carbocycles. The summed E-state index contributed by atoms with van der Waals surface area (Å²) >= 11 is 0. The zero-order valence-corrected chi connectivity index (χ0v) is 11.9. The van der Waals surface area contributed by atoms with E-state index >= 15 is 0 Å². The first-order chi connectivity index (χ1) is 10.1. The van der Waals surface area contributed by atoms with Crippen LogP contribution in [0.4, 0.5) is 0 Å². The van der Waals surface area contributed by atoms with E-state index in [-0.39, 0.29) is 25.0 Å². The number of fused-ring (bicyclic) bond motifs is 1. The predicted molar refractivity (Wildman–Crippen MR) is 75.5 cm³/mol. The Labute approximate surface area is 123 Å². The van der Waals surface area contributed by atoms with Crippen LogP contribution in [-0.4, -0.2) is 30.3 Å². The standard InChI is InChI=1S/C15H19NO5/c1-10(2-5-14(17)18)6-7-16-15(19)11-3-4-12-13(8-11)21-9-20-12/h3-4,8,10H,2,5-7,9H2,1H3,(H,16,19)(H,17,18). The van der Waals surface area contributed by atoms with Crippen LogP contribution in [0.25, 0.3) is 0 Å². The summed E-state index contributed by atoms with van der Waals surface area (Å²) < 4.78 is 10.4. The molecular weight excluding hydrogens is 274 g/mol. The molecule has 1 aliphatic heterocycles. The molecule has 1 aromatic rings. The van der Waals surface area contributed by atoms with Gasteiger partial charge in [0.1, 0.15) is 0 Å². The molecule has 0 aromatic heterocycles. The molecule has 6 nitrogen and oxygen atoms in total. The lowest BCUT2D eigenvalue weighted by atomic mass is 10.0. The second-order valence-corrected chi connectivity index (χ2v) is 5.15. The zero-order valence-electron chi connectivity index (χ0n) is 11.9. The van der Waals surface area contributed by atoms with Gasteiger partial charge in [-0.3, -0.25) is 9.59 Å². The summed E-state index contributed by atoms with van der Waals surface area (Å²) in [6.45, 7) is 2.69. The summed E-state index contributed by atoms with van der Waals surface area (Å²) in [5.74, 6) is 0.537. The van der Waals surface area contributed by atoms with E-state index in [1.54, 1.807) is 18.2 Å². The van der Waals surface area contributed by atoms with E-state index in [4.69, 9.17) is 14.6 Å². The molecule has 1 atom stereocenters. The van der Waals surface area contributed by atoms with E-state index in [2.05, 4.69) is 5.32 Å². The molecule has 0 fully saturated rings. The number of hydrogen-bond acceptors (Lipinski definition) is 4. The largest absolute Gasteiger partial charge is 0.481 e. The molecule has 21 heavy (non-hydrogen) atoms. The first kappa shape index (κ1) is 15.2. The van der Waals surface area contributed by atoms with Crippen molar-refractivity contribution in [1.82, 2.24) is 5.32 Å². The summed E-state index contributed by atoms with van der Waals surface area (Å²) in [5, 5.41) is 11.4. The van der Waals surface area contributed by atoms with Crippen LogP contribution in [-0.2, 0) is 4.79 Å². The van der Waals surface area contributed by atoms with Crippen molar-refractivity contribution in [2.24, 2.45) is 5.92 Å². The Morgan fingerprint density at radius 1 is 1.29 bits per heavy atom. The fourth-order valence-electron chi connectivity index (χ4n) is 2.09. The minimum absolute atomic E-state index is 0.164. The van der Waals surface area contributed by atoms with Crippen molar-refractivity contribution in [3.63, 3.8) is 0 Å². The van der Waals surface area contributed by atoms with Gasteiger partial charge in [-0.05, 0) is 37.0 Å². The summed E-state index contributed by atoms with van der Waals surface area (Å²) in [7, 11) is 0. The molecule has 1 unspecified atom stereocenters. The summed E-state index contributed by atoms with van der Waals surface area (Å²) in [6, 6.07) is 5.06. The third kappa shape index (κ3) is 4.37. The highest BCUT2D eigenvalue weighted by atomic mass is 16.7. The lowest BCUT2D eigenvalue weighted by Crippen LogP contribution is -2.25. The van der Waals surface area contributed by atoms with Gasteiger partial charge in [-0.15, -0.1) is 0 Å². The third-order valence-corrected chi connectivity index (χ3v) is 3.41. The minimum Gasteiger partial charge on any atom is -0.481 e. The van der Waals surface area contributed by atoms with Gasteiger partial charge in [-0.2, -0.15) is 0 Å². The number of hydrogen-bond donors (Lipinski definition) is 2. The fraction of sp³-hybridized carbons (Fsp3) is 0.467. The normalized spacial score (nSPS) is 13.8. The average Bonchev–Trinajstić information content (AvgIpc) is 2.92. The SMILES string of the molecule is CC(CCNC(=O)c1ccc2c(c1)OCO2)CCC(=O)O. The number of carbonyl (C=O) groups excluding carboxylic acids is 1. The van der Waals surface area contributed by atoms with Gasteiger partial charge in [0.2, 0.25) is 6.79 Å². The van der Waals surface area contributed by atoms with Crippen molar-refractivity contribution >= 4 is 11.9 Å². The molecule has 2 N–H and O–H groups in total. The average molecular weight is 293 g/mol. The molecular formula is C15H19NO5. The Hall–Kier alpha value is -2.24. The van der Waals surface area contributed by atoms with Crippen LogP contribution in [0.2, 0.25) is 0 Å². The van der Waals surface area contributed by atoms with E-state index in [0.29, 0.717) is 30.0 Å². The monoisotopic (exact) mass is 293 g/mol. The number of carbonyl (C=O) groups is 2. The van der Waals surface area contributed by atoms with E-state index in [9.17, 15) is 9.59 Å². The minimum atomic E-state index is -0.786. The molecule has 0 saturated heterocycles.